The Hall–Kier alpha value is -3.98. The predicted octanol–water partition coefficient (Wildman–Crippen LogP) is 7.03. The number of aromatic amines is 2. The summed E-state index contributed by atoms with van der Waals surface area (Å²) >= 11 is 0. The Labute approximate surface area is 237 Å². The van der Waals surface area contributed by atoms with Crippen LogP contribution in [0.15, 0.2) is 61.3 Å². The molecule has 0 fully saturated rings. The Kier molecular flexibility index (Phi) is 11.8. The lowest BCUT2D eigenvalue weighted by atomic mass is 10.1. The summed E-state index contributed by atoms with van der Waals surface area (Å²) in [5, 5.41) is 0. The minimum atomic E-state index is 0.915. The lowest BCUT2D eigenvalue weighted by Gasteiger charge is -2.07. The molecule has 5 heterocycles. The number of hydrazine groups is 3. The molecule has 8 heteroatoms. The molecular formula is C32H42N8. The molecule has 3 aromatic heterocycles. The van der Waals surface area contributed by atoms with Crippen molar-refractivity contribution in [3.63, 3.8) is 0 Å². The first-order valence-electron chi connectivity index (χ1n) is 14.4. The smallest absolute Gasteiger partial charge is 0.0659 e. The number of rotatable bonds is 13. The van der Waals surface area contributed by atoms with Gasteiger partial charge in [0.15, 0.2) is 0 Å². The second kappa shape index (κ2) is 16.2. The number of unbranched alkanes of at least 4 members (excludes halogenated alkanes) is 7. The van der Waals surface area contributed by atoms with Crippen LogP contribution >= 0.6 is 0 Å². The molecule has 210 valence electrons. The van der Waals surface area contributed by atoms with Gasteiger partial charge in [0, 0.05) is 34.8 Å². The van der Waals surface area contributed by atoms with E-state index < -0.39 is 0 Å². The van der Waals surface area contributed by atoms with Crippen LogP contribution in [0.25, 0.3) is 46.4 Å². The van der Waals surface area contributed by atoms with E-state index in [4.69, 9.17) is 0 Å². The molecule has 0 saturated carbocycles. The van der Waals surface area contributed by atoms with Crippen molar-refractivity contribution in [1.82, 2.24) is 41.9 Å². The van der Waals surface area contributed by atoms with Crippen LogP contribution < -0.4 is 21.9 Å². The lowest BCUT2D eigenvalue weighted by Crippen LogP contribution is -2.48. The largest absolute Gasteiger partial charge is 0.355 e. The van der Waals surface area contributed by atoms with Gasteiger partial charge in [0.25, 0.3) is 0 Å². The summed E-state index contributed by atoms with van der Waals surface area (Å²) in [5.41, 5.74) is 19.2. The standard InChI is InChI=1S/C20H14N4.C12H28N4/c1-2-14-10-16-5-6-18(23-16)12-20-8-7-19(24-20)11-17-4-3-15(22-17)9-13(1)21-14;1-3-5-6-7-8-9-10-11-12-14-16-15-13-4-2/h1-12,21-22H;4,13-16H,2-3,5-12H2,1H3. The van der Waals surface area contributed by atoms with E-state index in [1.807, 2.05) is 42.5 Å². The first kappa shape index (κ1) is 29.0. The second-order valence-corrected chi connectivity index (χ2v) is 9.91. The number of nitrogens with one attached hydrogen (secondary N) is 6. The predicted molar refractivity (Wildman–Crippen MR) is 169 cm³/mol. The molecule has 0 amide bonds. The number of hydrogen-bond donors (Lipinski definition) is 6. The highest BCUT2D eigenvalue weighted by molar-refractivity contribution is 5.77. The number of hydrogen-bond acceptors (Lipinski definition) is 6. The van der Waals surface area contributed by atoms with Gasteiger partial charge in [0.2, 0.25) is 0 Å². The third kappa shape index (κ3) is 9.96. The second-order valence-electron chi connectivity index (χ2n) is 9.91. The van der Waals surface area contributed by atoms with Gasteiger partial charge in [-0.15, -0.1) is 0 Å². The fourth-order valence-electron chi connectivity index (χ4n) is 4.48. The van der Waals surface area contributed by atoms with Crippen molar-refractivity contribution in [2.45, 2.75) is 58.3 Å². The topological polar surface area (TPSA) is 105 Å². The van der Waals surface area contributed by atoms with Crippen molar-refractivity contribution >= 4 is 46.4 Å². The minimum Gasteiger partial charge on any atom is -0.355 e. The van der Waals surface area contributed by atoms with E-state index in [-0.39, 0.29) is 0 Å². The number of aromatic nitrogens is 4. The SMILES string of the molecule is C1=Cc2cc3ccc(cc4ccc(cc5nc(cc1n2)C=C5)[nH]4)[nH]3.C=CNNNNCCCCCCCCCC. The first-order chi connectivity index (χ1) is 19.7. The van der Waals surface area contributed by atoms with E-state index in [1.165, 1.54) is 51.4 Å². The normalized spacial score (nSPS) is 11.7. The Morgan fingerprint density at radius 2 is 1.10 bits per heavy atom. The van der Waals surface area contributed by atoms with Crippen LogP contribution in [-0.4, -0.2) is 26.5 Å². The molecule has 8 bridgehead atoms. The maximum absolute atomic E-state index is 4.62. The number of nitrogens with zero attached hydrogens (tertiary/aromatic N) is 2. The van der Waals surface area contributed by atoms with Gasteiger partial charge >= 0.3 is 0 Å². The van der Waals surface area contributed by atoms with Crippen molar-refractivity contribution in [1.29, 1.82) is 0 Å². The molecule has 8 nitrogen and oxygen atoms in total. The highest BCUT2D eigenvalue weighted by atomic mass is 15.7. The lowest BCUT2D eigenvalue weighted by molar-refractivity contribution is 0.395. The van der Waals surface area contributed by atoms with Crippen LogP contribution in [0, 0.1) is 0 Å². The zero-order valence-electron chi connectivity index (χ0n) is 23.5. The van der Waals surface area contributed by atoms with Crippen LogP contribution in [0.2, 0.25) is 0 Å². The summed E-state index contributed by atoms with van der Waals surface area (Å²) < 4.78 is 0. The third-order valence-electron chi connectivity index (χ3n) is 6.52. The van der Waals surface area contributed by atoms with Gasteiger partial charge in [0.05, 0.1) is 22.8 Å². The summed E-state index contributed by atoms with van der Waals surface area (Å²) in [6.07, 6.45) is 20.5. The zero-order chi connectivity index (χ0) is 27.8. The van der Waals surface area contributed by atoms with E-state index in [9.17, 15) is 0 Å². The molecule has 0 spiro atoms. The van der Waals surface area contributed by atoms with E-state index in [2.05, 4.69) is 85.7 Å². The van der Waals surface area contributed by atoms with Crippen LogP contribution in [0.4, 0.5) is 0 Å². The summed E-state index contributed by atoms with van der Waals surface area (Å²) in [4.78, 5) is 16.0. The molecule has 0 atom stereocenters. The van der Waals surface area contributed by atoms with Gasteiger partial charge in [-0.2, -0.15) is 11.1 Å². The van der Waals surface area contributed by atoms with Crippen molar-refractivity contribution in [3.8, 4) is 0 Å². The molecule has 0 unspecified atom stereocenters. The fourth-order valence-corrected chi connectivity index (χ4v) is 4.48. The first-order valence-corrected chi connectivity index (χ1v) is 14.4. The molecule has 40 heavy (non-hydrogen) atoms. The maximum atomic E-state index is 4.62. The van der Waals surface area contributed by atoms with Crippen molar-refractivity contribution < 1.29 is 0 Å². The quantitative estimate of drug-likeness (QED) is 0.0710. The molecule has 0 aromatic carbocycles. The van der Waals surface area contributed by atoms with Crippen LogP contribution in [-0.2, 0) is 0 Å². The average molecular weight is 539 g/mol. The molecule has 3 aromatic rings. The maximum Gasteiger partial charge on any atom is 0.0659 e. The molecule has 0 saturated heterocycles. The van der Waals surface area contributed by atoms with Crippen LogP contribution in [0.5, 0.6) is 0 Å². The molecule has 2 aliphatic rings. The minimum absolute atomic E-state index is 0.915. The zero-order valence-corrected chi connectivity index (χ0v) is 23.5. The van der Waals surface area contributed by atoms with Gasteiger partial charge in [-0.3, -0.25) is 0 Å². The number of fused-ring (bicyclic) bond motifs is 8. The molecular weight excluding hydrogens is 496 g/mol. The van der Waals surface area contributed by atoms with Crippen molar-refractivity contribution in [2.75, 3.05) is 6.54 Å². The summed E-state index contributed by atoms with van der Waals surface area (Å²) in [7, 11) is 0. The van der Waals surface area contributed by atoms with E-state index in [1.54, 1.807) is 6.20 Å². The molecule has 2 aliphatic heterocycles. The average Bonchev–Trinajstić information content (AvgIpc) is 3.76. The van der Waals surface area contributed by atoms with Gasteiger partial charge in [-0.05, 0) is 79.3 Å². The molecule has 0 radical (unpaired) electrons. The van der Waals surface area contributed by atoms with Crippen LogP contribution in [0.1, 0.15) is 81.1 Å². The van der Waals surface area contributed by atoms with Gasteiger partial charge in [-0.25, -0.2) is 15.4 Å². The van der Waals surface area contributed by atoms with Crippen molar-refractivity contribution in [3.05, 3.63) is 84.1 Å². The Balaban J connectivity index is 0.000000204. The van der Waals surface area contributed by atoms with Gasteiger partial charge < -0.3 is 15.4 Å². The van der Waals surface area contributed by atoms with Crippen molar-refractivity contribution in [2.24, 2.45) is 0 Å². The van der Waals surface area contributed by atoms with E-state index in [0.29, 0.717) is 0 Å². The highest BCUT2D eigenvalue weighted by Crippen LogP contribution is 2.17. The molecule has 0 aliphatic carbocycles. The monoisotopic (exact) mass is 538 g/mol. The third-order valence-corrected chi connectivity index (χ3v) is 6.52. The Morgan fingerprint density at radius 3 is 1.62 bits per heavy atom. The fraction of sp³-hybridized carbons (Fsp3) is 0.312. The summed E-state index contributed by atoms with van der Waals surface area (Å²) in [6, 6.07) is 16.4. The van der Waals surface area contributed by atoms with E-state index in [0.717, 1.165) is 51.4 Å². The number of H-pyrrole nitrogens is 2. The Morgan fingerprint density at radius 1 is 0.625 bits per heavy atom. The molecule has 6 N–H and O–H groups in total. The summed E-state index contributed by atoms with van der Waals surface area (Å²) in [6.45, 7) is 6.75. The van der Waals surface area contributed by atoms with Crippen LogP contribution in [0.3, 0.4) is 0 Å². The Bertz CT molecular complexity index is 1340. The highest BCUT2D eigenvalue weighted by Gasteiger charge is 2.02. The van der Waals surface area contributed by atoms with Gasteiger partial charge in [-0.1, -0.05) is 58.4 Å². The van der Waals surface area contributed by atoms with Gasteiger partial charge in [0.1, 0.15) is 0 Å². The summed E-state index contributed by atoms with van der Waals surface area (Å²) in [5.74, 6) is 0. The molecule has 5 rings (SSSR count). The van der Waals surface area contributed by atoms with E-state index >= 15 is 0 Å².